The number of benzene rings is 4. The van der Waals surface area contributed by atoms with Gasteiger partial charge >= 0.3 is 12.1 Å². The molecule has 192 valence electrons. The molecule has 4 amide bonds. The second kappa shape index (κ2) is 11.8. The topological polar surface area (TPSA) is 101 Å². The van der Waals surface area contributed by atoms with Gasteiger partial charge in [-0.1, -0.05) is 48.5 Å². The first-order valence-electron chi connectivity index (χ1n) is 12.3. The highest BCUT2D eigenvalue weighted by atomic mass is 16.5. The quantitative estimate of drug-likeness (QED) is 0.249. The van der Waals surface area contributed by atoms with Crippen LogP contribution in [0.2, 0.25) is 0 Å². The summed E-state index contributed by atoms with van der Waals surface area (Å²) in [6, 6.07) is 29.7. The molecule has 7 heterocycles. The molecule has 4 N–H and O–H groups in total. The van der Waals surface area contributed by atoms with Crippen LogP contribution in [0.4, 0.5) is 9.59 Å². The predicted octanol–water partition coefficient (Wildman–Crippen LogP) is 5.58. The van der Waals surface area contributed by atoms with E-state index in [1.54, 1.807) is 0 Å². The monoisotopic (exact) mass is 508 g/mol. The van der Waals surface area contributed by atoms with Crippen molar-refractivity contribution in [3.63, 3.8) is 0 Å². The van der Waals surface area contributed by atoms with Crippen molar-refractivity contribution in [2.45, 2.75) is 26.2 Å². The normalized spacial score (nSPS) is 14.2. The Morgan fingerprint density at radius 1 is 0.368 bits per heavy atom. The molecule has 0 saturated carbocycles. The van der Waals surface area contributed by atoms with E-state index in [2.05, 4.69) is 21.3 Å². The average Bonchev–Trinajstić information content (AvgIpc) is 2.95. The van der Waals surface area contributed by atoms with Crippen molar-refractivity contribution in [2.75, 3.05) is 0 Å². The lowest BCUT2D eigenvalue weighted by atomic mass is 10.2. The molecule has 0 fully saturated rings. The molecule has 0 saturated heterocycles. The van der Waals surface area contributed by atoms with Gasteiger partial charge in [-0.25, -0.2) is 9.59 Å². The molecule has 0 aliphatic carbocycles. The summed E-state index contributed by atoms with van der Waals surface area (Å²) in [6.45, 7) is 1.58. The summed E-state index contributed by atoms with van der Waals surface area (Å²) in [5, 5.41) is 11.5. The van der Waals surface area contributed by atoms with Gasteiger partial charge in [0.1, 0.15) is 23.0 Å². The molecule has 8 nitrogen and oxygen atoms in total. The van der Waals surface area contributed by atoms with Gasteiger partial charge in [0.15, 0.2) is 0 Å². The lowest BCUT2D eigenvalue weighted by molar-refractivity contribution is 0.239. The van der Waals surface area contributed by atoms with Gasteiger partial charge in [0, 0.05) is 26.2 Å². The minimum Gasteiger partial charge on any atom is -0.457 e. The van der Waals surface area contributed by atoms with Crippen molar-refractivity contribution < 1.29 is 19.1 Å². The molecule has 0 spiro atoms. The summed E-state index contributed by atoms with van der Waals surface area (Å²) in [4.78, 5) is 24.5. The third-order valence-electron chi connectivity index (χ3n) is 5.98. The van der Waals surface area contributed by atoms with E-state index in [0.29, 0.717) is 49.2 Å². The van der Waals surface area contributed by atoms with Crippen molar-refractivity contribution in [1.82, 2.24) is 21.3 Å². The lowest BCUT2D eigenvalue weighted by Gasteiger charge is -2.11. The van der Waals surface area contributed by atoms with Gasteiger partial charge in [-0.15, -0.1) is 0 Å². The summed E-state index contributed by atoms with van der Waals surface area (Å²) >= 11 is 0. The van der Waals surface area contributed by atoms with Gasteiger partial charge in [-0.3, -0.25) is 0 Å². The minimum atomic E-state index is -0.246. The minimum absolute atomic E-state index is 0.246. The van der Waals surface area contributed by atoms with Crippen LogP contribution in [0.15, 0.2) is 97.1 Å². The highest BCUT2D eigenvalue weighted by Crippen LogP contribution is 2.23. The molecule has 7 aliphatic heterocycles. The summed E-state index contributed by atoms with van der Waals surface area (Å²) in [6.07, 6.45) is 0. The van der Waals surface area contributed by atoms with Crippen LogP contribution in [0.5, 0.6) is 23.0 Å². The molecule has 0 radical (unpaired) electrons. The van der Waals surface area contributed by atoms with E-state index < -0.39 is 0 Å². The van der Waals surface area contributed by atoms with Crippen LogP contribution in [0.3, 0.4) is 0 Å². The van der Waals surface area contributed by atoms with Crippen LogP contribution < -0.4 is 30.7 Å². The molecule has 0 atom stereocenters. The number of carbonyl (C=O) groups excluding carboxylic acids is 2. The molecule has 4 aromatic carbocycles. The molecule has 7 aliphatic rings. The van der Waals surface area contributed by atoms with Crippen LogP contribution in [-0.2, 0) is 26.2 Å². The maximum atomic E-state index is 12.3. The first kappa shape index (κ1) is 24.7. The summed E-state index contributed by atoms with van der Waals surface area (Å²) in [7, 11) is 0. The number of hydrogen-bond acceptors (Lipinski definition) is 4. The van der Waals surface area contributed by atoms with Gasteiger partial charge in [-0.05, 0) is 70.8 Å². The highest BCUT2D eigenvalue weighted by molar-refractivity contribution is 5.74. The van der Waals surface area contributed by atoms with Gasteiger partial charge in [-0.2, -0.15) is 0 Å². The molecular formula is C30H28N4O4. The molecule has 11 rings (SSSR count). The highest BCUT2D eigenvalue weighted by Gasteiger charge is 2.06. The van der Waals surface area contributed by atoms with Crippen molar-refractivity contribution in [3.8, 4) is 23.0 Å². The van der Waals surface area contributed by atoms with Crippen molar-refractivity contribution in [1.29, 1.82) is 0 Å². The van der Waals surface area contributed by atoms with Crippen molar-refractivity contribution >= 4 is 12.1 Å². The molecule has 0 aromatic heterocycles. The van der Waals surface area contributed by atoms with Gasteiger partial charge in [0.2, 0.25) is 0 Å². The van der Waals surface area contributed by atoms with Crippen LogP contribution >= 0.6 is 0 Å². The fourth-order valence-electron chi connectivity index (χ4n) is 3.83. The average molecular weight is 509 g/mol. The molecule has 38 heavy (non-hydrogen) atoms. The third kappa shape index (κ3) is 7.04. The zero-order chi connectivity index (χ0) is 26.2. The van der Waals surface area contributed by atoms with Crippen molar-refractivity contribution in [3.05, 3.63) is 119 Å². The first-order valence-corrected chi connectivity index (χ1v) is 12.3. The van der Waals surface area contributed by atoms with Crippen LogP contribution in [-0.4, -0.2) is 12.1 Å². The maximum absolute atomic E-state index is 12.3. The summed E-state index contributed by atoms with van der Waals surface area (Å²) < 4.78 is 11.8. The molecule has 4 aromatic rings. The Kier molecular flexibility index (Phi) is 7.69. The van der Waals surface area contributed by atoms with Gasteiger partial charge in [0.05, 0.1) is 0 Å². The van der Waals surface area contributed by atoms with Gasteiger partial charge < -0.3 is 30.7 Å². The standard InChI is InChI=1S/C30H28N4O4/c35-29-31-17-21-1-9-25(10-2-21)37-26-11-3-22(4-12-26)19-33-30(36)34-20-24-7-15-28(16-8-24)38-27-13-5-23(6-14-27)18-32-29/h1-16H,17-20H2,(H2,31,32,35)(H2,33,34,36). The zero-order valence-corrected chi connectivity index (χ0v) is 20.7. The Balaban J connectivity index is 1.28. The third-order valence-corrected chi connectivity index (χ3v) is 5.98. The fraction of sp³-hybridized carbons (Fsp3) is 0.133. The number of amides is 4. The molecule has 8 heteroatoms. The predicted molar refractivity (Wildman–Crippen MR) is 144 cm³/mol. The van der Waals surface area contributed by atoms with Crippen LogP contribution in [0, 0.1) is 0 Å². The Morgan fingerprint density at radius 3 is 0.789 bits per heavy atom. The fourth-order valence-corrected chi connectivity index (χ4v) is 3.83. The number of carbonyl (C=O) groups is 2. The van der Waals surface area contributed by atoms with E-state index in [9.17, 15) is 9.59 Å². The summed E-state index contributed by atoms with van der Waals surface area (Å²) in [5.74, 6) is 2.77. The first-order chi connectivity index (χ1) is 18.6. The Labute approximate surface area is 221 Å². The molecule has 8 bridgehead atoms. The number of rotatable bonds is 0. The lowest BCUT2D eigenvalue weighted by Crippen LogP contribution is -2.34. The number of nitrogens with one attached hydrogen (secondary N) is 4. The van der Waals surface area contributed by atoms with E-state index in [-0.39, 0.29) is 12.1 Å². The number of urea groups is 2. The van der Waals surface area contributed by atoms with E-state index in [1.165, 1.54) is 0 Å². The second-order valence-corrected chi connectivity index (χ2v) is 8.85. The van der Waals surface area contributed by atoms with Crippen LogP contribution in [0.25, 0.3) is 0 Å². The van der Waals surface area contributed by atoms with E-state index in [1.807, 2.05) is 97.1 Å². The molecular weight excluding hydrogens is 480 g/mol. The number of ether oxygens (including phenoxy) is 2. The Bertz CT molecular complexity index is 1160. The van der Waals surface area contributed by atoms with E-state index in [0.717, 1.165) is 22.3 Å². The van der Waals surface area contributed by atoms with Gasteiger partial charge in [0.25, 0.3) is 0 Å². The van der Waals surface area contributed by atoms with Crippen LogP contribution in [0.1, 0.15) is 22.3 Å². The largest absolute Gasteiger partial charge is 0.457 e. The molecule has 0 unspecified atom stereocenters. The second-order valence-electron chi connectivity index (χ2n) is 8.85. The van der Waals surface area contributed by atoms with Crippen molar-refractivity contribution in [2.24, 2.45) is 0 Å². The zero-order valence-electron chi connectivity index (χ0n) is 20.7. The van der Waals surface area contributed by atoms with E-state index in [4.69, 9.17) is 9.47 Å². The Morgan fingerprint density at radius 2 is 0.579 bits per heavy atom. The van der Waals surface area contributed by atoms with E-state index >= 15 is 0 Å². The smallest absolute Gasteiger partial charge is 0.315 e. The summed E-state index contributed by atoms with van der Waals surface area (Å²) in [5.41, 5.74) is 3.81. The SMILES string of the molecule is O=C1NCc2ccc(cc2)Oc2ccc(cc2)CNC(=O)NCc2ccc(cc2)Oc2ccc(cc2)CN1. The number of hydrogen-bond donors (Lipinski definition) is 4. The maximum Gasteiger partial charge on any atom is 0.315 e. The Hall–Kier alpha value is -4.98.